The van der Waals surface area contributed by atoms with Gasteiger partial charge >= 0.3 is 0 Å². The first-order valence-electron chi connectivity index (χ1n) is 5.96. The van der Waals surface area contributed by atoms with Crippen molar-refractivity contribution >= 4 is 11.8 Å². The van der Waals surface area contributed by atoms with Crippen LogP contribution in [-0.2, 0) is 9.59 Å². The lowest BCUT2D eigenvalue weighted by molar-refractivity contribution is -0.143. The number of piperazine rings is 1. The van der Waals surface area contributed by atoms with E-state index in [1.807, 2.05) is 0 Å². The Hall–Kier alpha value is -1.10. The van der Waals surface area contributed by atoms with Crippen molar-refractivity contribution in [3.8, 4) is 0 Å². The second kappa shape index (κ2) is 4.82. The molecule has 2 rings (SSSR count). The van der Waals surface area contributed by atoms with E-state index in [-0.39, 0.29) is 30.4 Å². The third-order valence-corrected chi connectivity index (χ3v) is 3.44. The molecule has 2 aliphatic rings. The molecule has 1 saturated carbocycles. The number of carbonyl (C=O) groups is 2. The smallest absolute Gasteiger partial charge is 0.239 e. The van der Waals surface area contributed by atoms with Gasteiger partial charge < -0.3 is 15.5 Å². The highest BCUT2D eigenvalue weighted by molar-refractivity contribution is 5.87. The molecule has 5 nitrogen and oxygen atoms in total. The topological polar surface area (TPSA) is 61.4 Å². The first-order valence-corrected chi connectivity index (χ1v) is 5.96. The van der Waals surface area contributed by atoms with Crippen LogP contribution in [0.1, 0.15) is 25.7 Å². The van der Waals surface area contributed by atoms with Gasteiger partial charge in [0.1, 0.15) is 0 Å². The number of fused-ring (bicyclic) bond motifs is 1. The molecule has 1 saturated heterocycles. The predicted octanol–water partition coefficient (Wildman–Crippen LogP) is -0.525. The van der Waals surface area contributed by atoms with E-state index in [2.05, 4.69) is 10.6 Å². The van der Waals surface area contributed by atoms with Crippen LogP contribution in [0.25, 0.3) is 0 Å². The van der Waals surface area contributed by atoms with Crippen LogP contribution in [0.15, 0.2) is 0 Å². The summed E-state index contributed by atoms with van der Waals surface area (Å²) in [6.07, 6.45) is 4.32. The van der Waals surface area contributed by atoms with E-state index < -0.39 is 0 Å². The molecular weight excluding hydrogens is 206 g/mol. The molecular formula is C11H19N3O2. The van der Waals surface area contributed by atoms with Crippen LogP contribution < -0.4 is 10.6 Å². The van der Waals surface area contributed by atoms with Gasteiger partial charge in [-0.3, -0.25) is 9.59 Å². The molecule has 90 valence electrons. The minimum Gasteiger partial charge on any atom is -0.350 e. The summed E-state index contributed by atoms with van der Waals surface area (Å²) in [5.74, 6) is 0.0156. The highest BCUT2D eigenvalue weighted by Gasteiger charge is 2.38. The van der Waals surface area contributed by atoms with Gasteiger partial charge in [-0.15, -0.1) is 0 Å². The number of rotatable bonds is 2. The van der Waals surface area contributed by atoms with E-state index in [0.717, 1.165) is 25.7 Å². The summed E-state index contributed by atoms with van der Waals surface area (Å²) in [6, 6.07) is 0.392. The maximum Gasteiger partial charge on any atom is 0.239 e. The number of nitrogens with one attached hydrogen (secondary N) is 2. The quantitative estimate of drug-likeness (QED) is 0.664. The van der Waals surface area contributed by atoms with Crippen LogP contribution in [-0.4, -0.2) is 48.9 Å². The van der Waals surface area contributed by atoms with E-state index >= 15 is 0 Å². The minimum atomic E-state index is -0.0207. The number of carbonyl (C=O) groups excluding carboxylic acids is 2. The van der Waals surface area contributed by atoms with Crippen molar-refractivity contribution in [2.24, 2.45) is 0 Å². The van der Waals surface area contributed by atoms with Crippen molar-refractivity contribution < 1.29 is 9.59 Å². The third-order valence-electron chi connectivity index (χ3n) is 3.44. The van der Waals surface area contributed by atoms with Gasteiger partial charge in [0.15, 0.2) is 0 Å². The van der Waals surface area contributed by atoms with Gasteiger partial charge in [0.2, 0.25) is 11.8 Å². The molecule has 2 unspecified atom stereocenters. The Morgan fingerprint density at radius 1 is 1.50 bits per heavy atom. The summed E-state index contributed by atoms with van der Waals surface area (Å²) in [4.78, 5) is 25.1. The molecule has 16 heavy (non-hydrogen) atoms. The van der Waals surface area contributed by atoms with Gasteiger partial charge in [0.25, 0.3) is 0 Å². The number of hydrogen-bond donors (Lipinski definition) is 2. The molecule has 0 aromatic carbocycles. The van der Waals surface area contributed by atoms with Gasteiger partial charge in [-0.2, -0.15) is 0 Å². The van der Waals surface area contributed by atoms with Gasteiger partial charge in [-0.1, -0.05) is 12.8 Å². The van der Waals surface area contributed by atoms with Crippen LogP contribution in [0.4, 0.5) is 0 Å². The summed E-state index contributed by atoms with van der Waals surface area (Å²) >= 11 is 0. The highest BCUT2D eigenvalue weighted by atomic mass is 16.2. The zero-order valence-electron chi connectivity index (χ0n) is 9.66. The molecule has 1 aliphatic carbocycles. The lowest BCUT2D eigenvalue weighted by Gasteiger charge is -2.43. The SMILES string of the molecule is CNCC(=O)N1CC(=O)NC2CCCCC21. The lowest BCUT2D eigenvalue weighted by Crippen LogP contribution is -2.63. The van der Waals surface area contributed by atoms with Crippen molar-refractivity contribution in [1.82, 2.24) is 15.5 Å². The zero-order valence-corrected chi connectivity index (χ0v) is 9.66. The van der Waals surface area contributed by atoms with Crippen molar-refractivity contribution in [1.29, 1.82) is 0 Å². The van der Waals surface area contributed by atoms with E-state index in [1.165, 1.54) is 0 Å². The maximum atomic E-state index is 11.9. The Bertz CT molecular complexity index is 293. The summed E-state index contributed by atoms with van der Waals surface area (Å²) in [5.41, 5.74) is 0. The van der Waals surface area contributed by atoms with E-state index in [1.54, 1.807) is 11.9 Å². The first kappa shape index (κ1) is 11.4. The molecule has 0 radical (unpaired) electrons. The van der Waals surface area contributed by atoms with Crippen molar-refractivity contribution in [3.63, 3.8) is 0 Å². The van der Waals surface area contributed by atoms with Gasteiger partial charge in [0, 0.05) is 6.04 Å². The molecule has 2 N–H and O–H groups in total. The largest absolute Gasteiger partial charge is 0.350 e. The van der Waals surface area contributed by atoms with Crippen LogP contribution in [0.2, 0.25) is 0 Å². The molecule has 0 bridgehead atoms. The molecule has 0 spiro atoms. The molecule has 5 heteroatoms. The van der Waals surface area contributed by atoms with E-state index in [0.29, 0.717) is 6.54 Å². The fraction of sp³-hybridized carbons (Fsp3) is 0.818. The highest BCUT2D eigenvalue weighted by Crippen LogP contribution is 2.25. The van der Waals surface area contributed by atoms with Crippen LogP contribution in [0.3, 0.4) is 0 Å². The number of nitrogens with zero attached hydrogens (tertiary/aromatic N) is 1. The van der Waals surface area contributed by atoms with Gasteiger partial charge in [0.05, 0.1) is 19.1 Å². The fourth-order valence-corrected chi connectivity index (χ4v) is 2.70. The molecule has 2 amide bonds. The minimum absolute atomic E-state index is 0.0207. The predicted molar refractivity (Wildman–Crippen MR) is 59.8 cm³/mol. The van der Waals surface area contributed by atoms with Crippen LogP contribution >= 0.6 is 0 Å². The third kappa shape index (κ3) is 2.19. The Morgan fingerprint density at radius 2 is 2.25 bits per heavy atom. The average Bonchev–Trinajstić information content (AvgIpc) is 2.28. The Kier molecular flexibility index (Phi) is 3.43. The number of amides is 2. The van der Waals surface area contributed by atoms with E-state index in [9.17, 15) is 9.59 Å². The van der Waals surface area contributed by atoms with Gasteiger partial charge in [-0.25, -0.2) is 0 Å². The molecule has 0 aromatic heterocycles. The average molecular weight is 225 g/mol. The summed E-state index contributed by atoms with van der Waals surface area (Å²) in [6.45, 7) is 0.540. The zero-order chi connectivity index (χ0) is 11.5. The van der Waals surface area contributed by atoms with Gasteiger partial charge in [-0.05, 0) is 19.9 Å². The lowest BCUT2D eigenvalue weighted by atomic mass is 9.87. The summed E-state index contributed by atoms with van der Waals surface area (Å²) in [7, 11) is 1.75. The Balaban J connectivity index is 2.08. The molecule has 1 heterocycles. The summed E-state index contributed by atoms with van der Waals surface area (Å²) in [5, 5.41) is 5.84. The van der Waals surface area contributed by atoms with Crippen molar-refractivity contribution in [2.75, 3.05) is 20.1 Å². The fourth-order valence-electron chi connectivity index (χ4n) is 2.70. The second-order valence-corrected chi connectivity index (χ2v) is 4.58. The second-order valence-electron chi connectivity index (χ2n) is 4.58. The maximum absolute atomic E-state index is 11.9. The van der Waals surface area contributed by atoms with Crippen LogP contribution in [0.5, 0.6) is 0 Å². The summed E-state index contributed by atoms with van der Waals surface area (Å²) < 4.78 is 0. The molecule has 1 aliphatic heterocycles. The standard InChI is InChI=1S/C11H19N3O2/c1-12-6-11(16)14-7-10(15)13-8-4-2-3-5-9(8)14/h8-9,12H,2-7H2,1H3,(H,13,15). The van der Waals surface area contributed by atoms with Crippen molar-refractivity contribution in [3.05, 3.63) is 0 Å². The Morgan fingerprint density at radius 3 is 3.00 bits per heavy atom. The van der Waals surface area contributed by atoms with E-state index in [4.69, 9.17) is 0 Å². The molecule has 0 aromatic rings. The first-order chi connectivity index (χ1) is 7.72. The molecule has 2 fully saturated rings. The Labute approximate surface area is 95.6 Å². The normalized spacial score (nSPS) is 29.6. The van der Waals surface area contributed by atoms with Crippen LogP contribution in [0, 0.1) is 0 Å². The number of likely N-dealkylation sites (N-methyl/N-ethyl adjacent to an activating group) is 1. The van der Waals surface area contributed by atoms with Crippen molar-refractivity contribution in [2.45, 2.75) is 37.8 Å². The number of hydrogen-bond acceptors (Lipinski definition) is 3. The molecule has 2 atom stereocenters. The monoisotopic (exact) mass is 225 g/mol.